The number of rotatable bonds is 6. The summed E-state index contributed by atoms with van der Waals surface area (Å²) in [6.45, 7) is 10.3. The summed E-state index contributed by atoms with van der Waals surface area (Å²) in [5, 5.41) is 4.56. The van der Waals surface area contributed by atoms with Gasteiger partial charge in [0, 0.05) is 73.8 Å². The van der Waals surface area contributed by atoms with E-state index in [1.54, 1.807) is 13.2 Å². The Morgan fingerprint density at radius 1 is 0.980 bits per heavy atom. The van der Waals surface area contributed by atoms with E-state index in [0.29, 0.717) is 25.6 Å². The molecule has 0 radical (unpaired) electrons. The average Bonchev–Trinajstić information content (AvgIpc) is 3.34. The highest BCUT2D eigenvalue weighted by Gasteiger charge is 2.43. The number of ether oxygens (including phenoxy) is 1. The number of piperazine rings is 1. The lowest BCUT2D eigenvalue weighted by molar-refractivity contribution is 0.0725. The van der Waals surface area contributed by atoms with Crippen molar-refractivity contribution in [2.75, 3.05) is 41.3 Å². The van der Waals surface area contributed by atoms with Gasteiger partial charge in [-0.05, 0) is 88.0 Å². The minimum absolute atomic E-state index is 0.0908. The molecule has 2 fully saturated rings. The molecule has 2 unspecified atom stereocenters. The lowest BCUT2D eigenvalue weighted by Gasteiger charge is -2.44. The fraction of sp³-hybridized carbons (Fsp3) is 0.568. The molecule has 3 aromatic rings. The van der Waals surface area contributed by atoms with Gasteiger partial charge in [0.15, 0.2) is 0 Å². The highest BCUT2D eigenvalue weighted by atomic mass is 32.2. The second-order valence-corrected chi connectivity index (χ2v) is 16.8. The molecule has 2 aromatic carbocycles. The number of hydrogen-bond acceptors (Lipinski definition) is 6. The average molecular weight is 693 g/mol. The Bertz CT molecular complexity index is 1850. The van der Waals surface area contributed by atoms with E-state index < -0.39 is 21.7 Å². The smallest absolute Gasteiger partial charge is 0.318 e. The Labute approximate surface area is 291 Å². The zero-order valence-electron chi connectivity index (χ0n) is 30.2. The first-order valence-electron chi connectivity index (χ1n) is 17.5. The summed E-state index contributed by atoms with van der Waals surface area (Å²) >= 11 is 0. The highest BCUT2D eigenvalue weighted by Crippen LogP contribution is 2.50. The number of benzene rings is 2. The van der Waals surface area contributed by atoms with Crippen LogP contribution in [0.25, 0.3) is 22.2 Å². The number of methoxy groups -OCH3 is 1. The third-order valence-electron chi connectivity index (χ3n) is 11.5. The van der Waals surface area contributed by atoms with Gasteiger partial charge in [-0.2, -0.15) is 12.7 Å². The number of nitrogens with zero attached hydrogens (tertiary/aromatic N) is 4. The third-order valence-corrected chi connectivity index (χ3v) is 12.9. The predicted molar refractivity (Wildman–Crippen MR) is 193 cm³/mol. The highest BCUT2D eigenvalue weighted by molar-refractivity contribution is 7.87. The fourth-order valence-electron chi connectivity index (χ4n) is 8.14. The van der Waals surface area contributed by atoms with E-state index in [-0.39, 0.29) is 29.6 Å². The second kappa shape index (κ2) is 13.3. The molecule has 0 bridgehead atoms. The Balaban J connectivity index is 1.54. The molecule has 1 aromatic heterocycles. The van der Waals surface area contributed by atoms with Gasteiger partial charge in [-0.1, -0.05) is 32.3 Å². The Morgan fingerprint density at radius 3 is 2.29 bits per heavy atom. The van der Waals surface area contributed by atoms with Crippen LogP contribution in [0.2, 0.25) is 0 Å². The fourth-order valence-corrected chi connectivity index (χ4v) is 8.67. The van der Waals surface area contributed by atoms with E-state index in [4.69, 9.17) is 4.74 Å². The van der Waals surface area contributed by atoms with Crippen LogP contribution in [0.15, 0.2) is 36.4 Å². The maximum absolute atomic E-state index is 14.2. The van der Waals surface area contributed by atoms with Gasteiger partial charge in [-0.15, -0.1) is 0 Å². The zero-order chi connectivity index (χ0) is 35.4. The number of aromatic nitrogens is 1. The van der Waals surface area contributed by atoms with Crippen molar-refractivity contribution in [3.63, 3.8) is 0 Å². The molecular formula is C37H52N6O5S. The van der Waals surface area contributed by atoms with Gasteiger partial charge in [0.1, 0.15) is 5.75 Å². The van der Waals surface area contributed by atoms with Crippen LogP contribution in [0, 0.1) is 0 Å². The van der Waals surface area contributed by atoms with Gasteiger partial charge in [0.25, 0.3) is 5.91 Å². The van der Waals surface area contributed by atoms with Gasteiger partial charge in [0.05, 0.1) is 18.3 Å². The molecule has 266 valence electrons. The largest absolute Gasteiger partial charge is 0.497 e. The number of fused-ring (bicyclic) bond motifs is 5. The monoisotopic (exact) mass is 692 g/mol. The Kier molecular flexibility index (Phi) is 9.53. The van der Waals surface area contributed by atoms with E-state index >= 15 is 0 Å². The summed E-state index contributed by atoms with van der Waals surface area (Å²) in [4.78, 5) is 31.8. The van der Waals surface area contributed by atoms with Gasteiger partial charge in [-0.25, -0.2) is 9.52 Å². The van der Waals surface area contributed by atoms with E-state index in [2.05, 4.69) is 66.4 Å². The van der Waals surface area contributed by atoms with Crippen LogP contribution in [0.4, 0.5) is 4.79 Å². The SMILES string of the molecule is COc1ccc2c(c1)C(C)C(C)(NC(=O)N1C[C@@H](C)N(C)[C@@H](C)C1)Cn1c-2c(C2CCCCC2)c2ccc(C(=O)NS(=O)(=O)N(C)C)cc21. The van der Waals surface area contributed by atoms with Gasteiger partial charge in [-0.3, -0.25) is 9.69 Å². The van der Waals surface area contributed by atoms with E-state index in [0.717, 1.165) is 63.5 Å². The number of nitrogens with one attached hydrogen (secondary N) is 2. The van der Waals surface area contributed by atoms with Crippen LogP contribution < -0.4 is 14.8 Å². The van der Waals surface area contributed by atoms with E-state index in [1.807, 2.05) is 23.1 Å². The summed E-state index contributed by atoms with van der Waals surface area (Å²) in [6, 6.07) is 12.1. The number of carbonyl (C=O) groups excluding carboxylic acids is 2. The lowest BCUT2D eigenvalue weighted by Crippen LogP contribution is -2.62. The van der Waals surface area contributed by atoms with Crippen LogP contribution in [-0.4, -0.2) is 98.0 Å². The molecule has 3 amide bonds. The number of hydrogen-bond donors (Lipinski definition) is 2. The molecule has 6 rings (SSSR count). The summed E-state index contributed by atoms with van der Waals surface area (Å²) in [5.41, 5.74) is 4.92. The standard InChI is InChI=1S/C37H52N6O5S/c1-23-20-42(21-24(2)41(23)7)36(45)38-37(4)22-43-32-18-27(35(44)39-49(46,47)40(5)6)14-16-30(32)33(26-12-10-9-11-13-26)34(43)29-17-15-28(48-8)19-31(29)25(37)3/h14-19,23-26H,9-13,20-22H2,1-8H3,(H,38,45)(H,39,44)/t23-,24+,25?,37?. The maximum Gasteiger partial charge on any atom is 0.318 e. The molecule has 1 saturated carbocycles. The van der Waals surface area contributed by atoms with Gasteiger partial charge >= 0.3 is 16.2 Å². The van der Waals surface area contributed by atoms with Crippen molar-refractivity contribution in [3.05, 3.63) is 53.1 Å². The van der Waals surface area contributed by atoms with Crippen molar-refractivity contribution in [1.82, 2.24) is 28.7 Å². The second-order valence-electron chi connectivity index (χ2n) is 14.9. The first-order chi connectivity index (χ1) is 23.1. The molecule has 49 heavy (non-hydrogen) atoms. The number of carbonyl (C=O) groups is 2. The van der Waals surface area contributed by atoms with Gasteiger partial charge in [0.2, 0.25) is 0 Å². The number of likely N-dealkylation sites (N-methyl/N-ethyl adjacent to an activating group) is 1. The summed E-state index contributed by atoms with van der Waals surface area (Å²) in [6.07, 6.45) is 5.67. The molecule has 3 heterocycles. The van der Waals surface area contributed by atoms with E-state index in [1.165, 1.54) is 26.1 Å². The molecule has 1 aliphatic carbocycles. The van der Waals surface area contributed by atoms with Crippen LogP contribution >= 0.6 is 0 Å². The minimum atomic E-state index is -3.98. The molecule has 3 aliphatic rings. The quantitative estimate of drug-likeness (QED) is 0.352. The normalized spacial score (nSPS) is 25.1. The first kappa shape index (κ1) is 35.2. The number of urea groups is 1. The molecule has 11 nitrogen and oxygen atoms in total. The van der Waals surface area contributed by atoms with E-state index in [9.17, 15) is 18.0 Å². The molecule has 2 N–H and O–H groups in total. The Hall–Kier alpha value is -3.61. The minimum Gasteiger partial charge on any atom is -0.497 e. The van der Waals surface area contributed by atoms with Crippen LogP contribution in [0.5, 0.6) is 5.75 Å². The van der Waals surface area contributed by atoms with Crippen LogP contribution in [0.1, 0.15) is 93.1 Å². The van der Waals surface area contributed by atoms with Crippen molar-refractivity contribution in [2.24, 2.45) is 0 Å². The van der Waals surface area contributed by atoms with Crippen molar-refractivity contribution < 1.29 is 22.7 Å². The molecule has 2 aliphatic heterocycles. The maximum atomic E-state index is 14.2. The predicted octanol–water partition coefficient (Wildman–Crippen LogP) is 5.51. The summed E-state index contributed by atoms with van der Waals surface area (Å²) in [5.74, 6) is 0.297. The summed E-state index contributed by atoms with van der Waals surface area (Å²) in [7, 11) is 2.57. The van der Waals surface area contributed by atoms with Crippen molar-refractivity contribution >= 4 is 33.1 Å². The first-order valence-corrected chi connectivity index (χ1v) is 19.0. The molecular weight excluding hydrogens is 641 g/mol. The molecule has 0 spiro atoms. The van der Waals surface area contributed by atoms with Crippen molar-refractivity contribution in [1.29, 1.82) is 0 Å². The molecule has 4 atom stereocenters. The third kappa shape index (κ3) is 6.43. The topological polar surface area (TPSA) is 116 Å². The lowest BCUT2D eigenvalue weighted by atomic mass is 9.78. The zero-order valence-corrected chi connectivity index (χ0v) is 31.0. The molecule has 12 heteroatoms. The summed E-state index contributed by atoms with van der Waals surface area (Å²) < 4.78 is 36.4. The van der Waals surface area contributed by atoms with Crippen molar-refractivity contribution in [3.8, 4) is 17.0 Å². The van der Waals surface area contributed by atoms with Crippen LogP contribution in [-0.2, 0) is 16.8 Å². The molecule has 1 saturated heterocycles. The van der Waals surface area contributed by atoms with Crippen LogP contribution in [0.3, 0.4) is 0 Å². The van der Waals surface area contributed by atoms with Gasteiger partial charge < -0.3 is 19.5 Å². The van der Waals surface area contributed by atoms with Crippen molar-refractivity contribution in [2.45, 2.75) is 95.8 Å². The number of amides is 3. The Morgan fingerprint density at radius 2 is 1.65 bits per heavy atom.